The van der Waals surface area contributed by atoms with Crippen molar-refractivity contribution in [1.29, 1.82) is 0 Å². The van der Waals surface area contributed by atoms with Crippen LogP contribution in [0.4, 0.5) is 9.52 Å². The highest BCUT2D eigenvalue weighted by Crippen LogP contribution is 2.34. The van der Waals surface area contributed by atoms with Crippen LogP contribution in [0.25, 0.3) is 11.1 Å². The lowest BCUT2D eigenvalue weighted by Crippen LogP contribution is -2.15. The lowest BCUT2D eigenvalue weighted by atomic mass is 10.0. The predicted molar refractivity (Wildman–Crippen MR) is 116 cm³/mol. The third kappa shape index (κ3) is 5.07. The van der Waals surface area contributed by atoms with E-state index in [0.29, 0.717) is 11.3 Å². The summed E-state index contributed by atoms with van der Waals surface area (Å²) in [6, 6.07) is 7.80. The zero-order valence-corrected chi connectivity index (χ0v) is 18.0. The molecule has 0 spiro atoms. The molecule has 0 aliphatic carbocycles. The summed E-state index contributed by atoms with van der Waals surface area (Å²) in [6.07, 6.45) is 4.08. The highest BCUT2D eigenvalue weighted by Gasteiger charge is 2.22. The van der Waals surface area contributed by atoms with E-state index in [-0.39, 0.29) is 46.1 Å². The van der Waals surface area contributed by atoms with Crippen LogP contribution in [0.5, 0.6) is 10.9 Å². The smallest absolute Gasteiger partial charge is 0.296 e. The Morgan fingerprint density at radius 3 is 2.82 bits per heavy atom. The molecule has 33 heavy (non-hydrogen) atoms. The number of nitrogens with zero attached hydrogens (tertiary/aromatic N) is 5. The number of aromatic nitrogens is 5. The Balaban J connectivity index is 1.48. The second-order valence-electron chi connectivity index (χ2n) is 6.53. The summed E-state index contributed by atoms with van der Waals surface area (Å²) in [5.41, 5.74) is 1.52. The number of benzene rings is 1. The van der Waals surface area contributed by atoms with E-state index in [1.54, 1.807) is 24.4 Å². The number of rotatable bonds is 8. The van der Waals surface area contributed by atoms with Gasteiger partial charge in [0.25, 0.3) is 11.1 Å². The Bertz CT molecular complexity index is 1270. The number of carbonyl (C=O) groups excluding carboxylic acids is 1. The number of carbonyl (C=O) groups is 1. The number of hydrogen-bond acceptors (Lipinski definition) is 10. The van der Waals surface area contributed by atoms with Gasteiger partial charge in [-0.3, -0.25) is 15.1 Å². The molecule has 2 N–H and O–H groups in total. The van der Waals surface area contributed by atoms with Gasteiger partial charge in [0.05, 0.1) is 25.0 Å². The first-order valence-electron chi connectivity index (χ1n) is 9.54. The van der Waals surface area contributed by atoms with Crippen molar-refractivity contribution in [3.8, 4) is 22.1 Å². The number of aliphatic hydroxyl groups is 1. The number of amides is 1. The van der Waals surface area contributed by atoms with Gasteiger partial charge in [-0.2, -0.15) is 0 Å². The summed E-state index contributed by atoms with van der Waals surface area (Å²) in [6.45, 7) is 0.0444. The number of ether oxygens (including phenoxy) is 2. The lowest BCUT2D eigenvalue weighted by Gasteiger charge is -2.12. The Hall–Kier alpha value is -4.03. The molecule has 0 unspecified atom stereocenters. The van der Waals surface area contributed by atoms with Gasteiger partial charge in [0.2, 0.25) is 5.13 Å². The first-order chi connectivity index (χ1) is 16.1. The van der Waals surface area contributed by atoms with Gasteiger partial charge in [-0.05, 0) is 35.1 Å². The average Bonchev–Trinajstić information content (AvgIpc) is 3.30. The molecule has 0 aliphatic heterocycles. The van der Waals surface area contributed by atoms with Gasteiger partial charge < -0.3 is 14.6 Å². The van der Waals surface area contributed by atoms with Crippen LogP contribution in [0.2, 0.25) is 0 Å². The third-order valence-corrected chi connectivity index (χ3v) is 5.18. The van der Waals surface area contributed by atoms with Crippen LogP contribution in [0, 0.1) is 5.82 Å². The Morgan fingerprint density at radius 2 is 2.06 bits per heavy atom. The molecule has 12 heteroatoms. The molecule has 3 heterocycles. The standard InChI is InChI=1S/C21H17FN6O4S/c1-31-16-4-2-3-15(22)17(16)14-8-23-11-25-18(14)19(30)26-20-27-28-21(33-20)32-10-13-6-5-12(9-29)7-24-13/h2-8,11,29H,9-10H2,1H3,(H,26,27,30). The molecule has 0 bridgehead atoms. The molecule has 1 amide bonds. The van der Waals surface area contributed by atoms with Crippen molar-refractivity contribution < 1.29 is 23.8 Å². The van der Waals surface area contributed by atoms with Crippen molar-refractivity contribution in [1.82, 2.24) is 25.1 Å². The first kappa shape index (κ1) is 22.2. The van der Waals surface area contributed by atoms with Crippen LogP contribution in [-0.2, 0) is 13.2 Å². The molecule has 168 valence electrons. The van der Waals surface area contributed by atoms with Crippen molar-refractivity contribution in [2.75, 3.05) is 12.4 Å². The summed E-state index contributed by atoms with van der Waals surface area (Å²) < 4.78 is 25.3. The zero-order chi connectivity index (χ0) is 23.2. The Kier molecular flexibility index (Phi) is 6.76. The van der Waals surface area contributed by atoms with Crippen LogP contribution in [0.15, 0.2) is 49.1 Å². The molecule has 4 rings (SSSR count). The van der Waals surface area contributed by atoms with Crippen molar-refractivity contribution in [2.45, 2.75) is 13.2 Å². The van der Waals surface area contributed by atoms with E-state index in [0.717, 1.165) is 11.3 Å². The van der Waals surface area contributed by atoms with E-state index in [1.807, 2.05) is 0 Å². The van der Waals surface area contributed by atoms with E-state index in [9.17, 15) is 9.18 Å². The number of nitrogens with one attached hydrogen (secondary N) is 1. The normalized spacial score (nSPS) is 10.6. The van der Waals surface area contributed by atoms with E-state index in [4.69, 9.17) is 14.6 Å². The molecule has 1 aromatic carbocycles. The molecule has 0 saturated carbocycles. The van der Waals surface area contributed by atoms with Gasteiger partial charge in [-0.15, -0.1) is 5.10 Å². The zero-order valence-electron chi connectivity index (χ0n) is 17.2. The van der Waals surface area contributed by atoms with Crippen molar-refractivity contribution >= 4 is 22.4 Å². The molecule has 4 aromatic rings. The minimum absolute atomic E-state index is 0.0563. The minimum Gasteiger partial charge on any atom is -0.496 e. The molecule has 3 aromatic heterocycles. The van der Waals surface area contributed by atoms with Gasteiger partial charge in [0, 0.05) is 18.0 Å². The van der Waals surface area contributed by atoms with Gasteiger partial charge in [0.1, 0.15) is 30.2 Å². The van der Waals surface area contributed by atoms with Crippen molar-refractivity contribution in [3.63, 3.8) is 0 Å². The van der Waals surface area contributed by atoms with Crippen LogP contribution in [-0.4, -0.2) is 43.3 Å². The number of pyridine rings is 1. The lowest BCUT2D eigenvalue weighted by molar-refractivity contribution is 0.102. The largest absolute Gasteiger partial charge is 0.496 e. The molecular weight excluding hydrogens is 451 g/mol. The number of halogens is 1. The molecule has 0 radical (unpaired) electrons. The third-order valence-electron chi connectivity index (χ3n) is 4.43. The quantitative estimate of drug-likeness (QED) is 0.400. The van der Waals surface area contributed by atoms with E-state index in [2.05, 4.69) is 30.5 Å². The molecule has 0 aliphatic rings. The van der Waals surface area contributed by atoms with Crippen molar-refractivity contribution in [3.05, 3.63) is 71.8 Å². The van der Waals surface area contributed by atoms with E-state index >= 15 is 0 Å². The number of methoxy groups -OCH3 is 1. The van der Waals surface area contributed by atoms with Gasteiger partial charge in [-0.25, -0.2) is 14.4 Å². The van der Waals surface area contributed by atoms with Crippen LogP contribution in [0.1, 0.15) is 21.7 Å². The first-order valence-corrected chi connectivity index (χ1v) is 10.4. The van der Waals surface area contributed by atoms with Crippen molar-refractivity contribution in [2.24, 2.45) is 0 Å². The summed E-state index contributed by atoms with van der Waals surface area (Å²) >= 11 is 1.01. The Labute approximate surface area is 191 Å². The summed E-state index contributed by atoms with van der Waals surface area (Å²) in [5.74, 6) is -0.960. The summed E-state index contributed by atoms with van der Waals surface area (Å²) in [4.78, 5) is 25.0. The van der Waals surface area contributed by atoms with Gasteiger partial charge in [0.15, 0.2) is 0 Å². The highest BCUT2D eigenvalue weighted by molar-refractivity contribution is 7.17. The maximum absolute atomic E-state index is 14.5. The summed E-state index contributed by atoms with van der Waals surface area (Å²) in [5, 5.41) is 19.8. The van der Waals surface area contributed by atoms with Crippen LogP contribution >= 0.6 is 11.3 Å². The average molecular weight is 468 g/mol. The van der Waals surface area contributed by atoms with E-state index < -0.39 is 11.7 Å². The number of anilines is 1. The van der Waals surface area contributed by atoms with Gasteiger partial charge >= 0.3 is 0 Å². The van der Waals surface area contributed by atoms with Crippen LogP contribution < -0.4 is 14.8 Å². The fraction of sp³-hybridized carbons (Fsp3) is 0.143. The highest BCUT2D eigenvalue weighted by atomic mass is 32.1. The molecule has 0 atom stereocenters. The maximum atomic E-state index is 14.5. The SMILES string of the molecule is COc1cccc(F)c1-c1cncnc1C(=O)Nc1nnc(OCc2ccc(CO)cn2)s1. The number of aliphatic hydroxyl groups excluding tert-OH is 1. The molecule has 10 nitrogen and oxygen atoms in total. The molecular formula is C21H17FN6O4S. The molecule has 0 saturated heterocycles. The minimum atomic E-state index is -0.623. The fourth-order valence-electron chi connectivity index (χ4n) is 2.87. The maximum Gasteiger partial charge on any atom is 0.296 e. The fourth-order valence-corrected chi connectivity index (χ4v) is 3.46. The summed E-state index contributed by atoms with van der Waals surface area (Å²) in [7, 11) is 1.40. The van der Waals surface area contributed by atoms with E-state index in [1.165, 1.54) is 31.8 Å². The topological polar surface area (TPSA) is 132 Å². The predicted octanol–water partition coefficient (Wildman–Crippen LogP) is 2.86. The molecule has 0 fully saturated rings. The monoisotopic (exact) mass is 468 g/mol. The Morgan fingerprint density at radius 1 is 1.18 bits per heavy atom. The second-order valence-corrected chi connectivity index (χ2v) is 7.47. The van der Waals surface area contributed by atoms with Gasteiger partial charge in [-0.1, -0.05) is 17.2 Å². The number of hydrogen-bond donors (Lipinski definition) is 2. The van der Waals surface area contributed by atoms with Crippen LogP contribution in [0.3, 0.4) is 0 Å². The second kappa shape index (κ2) is 10.1.